The van der Waals surface area contributed by atoms with Crippen LogP contribution in [0.5, 0.6) is 0 Å². The van der Waals surface area contributed by atoms with Crippen LogP contribution in [0.4, 0.5) is 17.3 Å². The third kappa shape index (κ3) is 4.20. The maximum atomic E-state index is 5.64. The summed E-state index contributed by atoms with van der Waals surface area (Å²) in [5.74, 6) is 1.55. The van der Waals surface area contributed by atoms with Crippen molar-refractivity contribution in [1.29, 1.82) is 0 Å². The first kappa shape index (κ1) is 14.3. The molecule has 1 aromatic heterocycles. The molecule has 20 heavy (non-hydrogen) atoms. The molecule has 0 atom stereocenters. The van der Waals surface area contributed by atoms with Crippen molar-refractivity contribution in [2.24, 2.45) is 5.73 Å². The standard InChI is InChI=1S/C15H21N5/c1-15(2,3)20-14-8-13(17-10-18-14)19-12-6-4-5-11(7-12)9-16/h4-8,10H,9,16H2,1-3H3,(H2,17,18,19,20). The Kier molecular flexibility index (Phi) is 4.20. The van der Waals surface area contributed by atoms with Gasteiger partial charge in [-0.25, -0.2) is 9.97 Å². The number of benzene rings is 1. The highest BCUT2D eigenvalue weighted by Gasteiger charge is 2.10. The SMILES string of the molecule is CC(C)(C)Nc1cc(Nc2cccc(CN)c2)ncn1. The maximum absolute atomic E-state index is 5.64. The van der Waals surface area contributed by atoms with Crippen LogP contribution in [-0.2, 0) is 6.54 Å². The lowest BCUT2D eigenvalue weighted by atomic mass is 10.1. The van der Waals surface area contributed by atoms with Crippen LogP contribution in [0.2, 0.25) is 0 Å². The summed E-state index contributed by atoms with van der Waals surface area (Å²) in [5.41, 5.74) is 7.65. The summed E-state index contributed by atoms with van der Waals surface area (Å²) >= 11 is 0. The second-order valence-electron chi connectivity index (χ2n) is 5.69. The number of nitrogens with one attached hydrogen (secondary N) is 2. The summed E-state index contributed by atoms with van der Waals surface area (Å²) in [6.45, 7) is 6.79. The van der Waals surface area contributed by atoms with Gasteiger partial charge in [-0.05, 0) is 38.5 Å². The van der Waals surface area contributed by atoms with Gasteiger partial charge in [0.05, 0.1) is 0 Å². The molecule has 0 spiro atoms. The van der Waals surface area contributed by atoms with Crippen LogP contribution < -0.4 is 16.4 Å². The highest BCUT2D eigenvalue weighted by atomic mass is 15.1. The Morgan fingerprint density at radius 3 is 2.55 bits per heavy atom. The Morgan fingerprint density at radius 2 is 1.85 bits per heavy atom. The molecule has 0 saturated carbocycles. The van der Waals surface area contributed by atoms with Gasteiger partial charge in [0, 0.05) is 23.8 Å². The number of rotatable bonds is 4. The zero-order chi connectivity index (χ0) is 14.6. The molecule has 2 aromatic rings. The van der Waals surface area contributed by atoms with Crippen molar-refractivity contribution in [3.05, 3.63) is 42.2 Å². The van der Waals surface area contributed by atoms with Gasteiger partial charge in [-0.3, -0.25) is 0 Å². The topological polar surface area (TPSA) is 75.9 Å². The number of aromatic nitrogens is 2. The van der Waals surface area contributed by atoms with Gasteiger partial charge < -0.3 is 16.4 Å². The largest absolute Gasteiger partial charge is 0.365 e. The third-order valence-electron chi connectivity index (χ3n) is 2.61. The van der Waals surface area contributed by atoms with E-state index in [9.17, 15) is 0 Å². The molecule has 0 radical (unpaired) electrons. The van der Waals surface area contributed by atoms with E-state index in [1.54, 1.807) is 6.33 Å². The molecule has 5 heteroatoms. The van der Waals surface area contributed by atoms with Crippen LogP contribution in [0.3, 0.4) is 0 Å². The fourth-order valence-electron chi connectivity index (χ4n) is 1.80. The maximum Gasteiger partial charge on any atom is 0.135 e. The molecule has 0 bridgehead atoms. The fraction of sp³-hybridized carbons (Fsp3) is 0.333. The van der Waals surface area contributed by atoms with Gasteiger partial charge in [0.25, 0.3) is 0 Å². The van der Waals surface area contributed by atoms with Crippen LogP contribution >= 0.6 is 0 Å². The first-order valence-electron chi connectivity index (χ1n) is 6.62. The van der Waals surface area contributed by atoms with E-state index in [-0.39, 0.29) is 5.54 Å². The normalized spacial score (nSPS) is 11.2. The van der Waals surface area contributed by atoms with E-state index in [0.717, 1.165) is 22.9 Å². The summed E-state index contributed by atoms with van der Waals surface area (Å²) in [6, 6.07) is 9.86. The Bertz CT molecular complexity index is 574. The van der Waals surface area contributed by atoms with Gasteiger partial charge in [-0.15, -0.1) is 0 Å². The van der Waals surface area contributed by atoms with Crippen LogP contribution in [0.25, 0.3) is 0 Å². The van der Waals surface area contributed by atoms with Crippen LogP contribution in [0, 0.1) is 0 Å². The first-order chi connectivity index (χ1) is 9.46. The van der Waals surface area contributed by atoms with E-state index in [4.69, 9.17) is 5.73 Å². The molecule has 0 aliphatic heterocycles. The number of nitrogens with zero attached hydrogens (tertiary/aromatic N) is 2. The van der Waals surface area contributed by atoms with Crippen molar-refractivity contribution in [2.45, 2.75) is 32.9 Å². The highest BCUT2D eigenvalue weighted by Crippen LogP contribution is 2.19. The third-order valence-corrected chi connectivity index (χ3v) is 2.61. The molecule has 5 nitrogen and oxygen atoms in total. The average Bonchev–Trinajstić information content (AvgIpc) is 2.37. The summed E-state index contributed by atoms with van der Waals surface area (Å²) in [5, 5.41) is 6.58. The highest BCUT2D eigenvalue weighted by molar-refractivity contribution is 5.59. The smallest absolute Gasteiger partial charge is 0.135 e. The Balaban J connectivity index is 2.15. The van der Waals surface area contributed by atoms with Crippen molar-refractivity contribution in [1.82, 2.24) is 9.97 Å². The van der Waals surface area contributed by atoms with E-state index >= 15 is 0 Å². The zero-order valence-electron chi connectivity index (χ0n) is 12.1. The molecule has 2 rings (SSSR count). The van der Waals surface area contributed by atoms with Gasteiger partial charge in [0.1, 0.15) is 18.0 Å². The number of hydrogen-bond acceptors (Lipinski definition) is 5. The molecule has 1 heterocycles. The molecular weight excluding hydrogens is 250 g/mol. The monoisotopic (exact) mass is 271 g/mol. The first-order valence-corrected chi connectivity index (χ1v) is 6.62. The van der Waals surface area contributed by atoms with Crippen molar-refractivity contribution in [2.75, 3.05) is 10.6 Å². The minimum Gasteiger partial charge on any atom is -0.365 e. The molecule has 106 valence electrons. The van der Waals surface area contributed by atoms with E-state index in [2.05, 4.69) is 41.4 Å². The van der Waals surface area contributed by atoms with Gasteiger partial charge >= 0.3 is 0 Å². The zero-order valence-corrected chi connectivity index (χ0v) is 12.1. The summed E-state index contributed by atoms with van der Waals surface area (Å²) in [6.07, 6.45) is 1.54. The predicted octanol–water partition coefficient (Wildman–Crippen LogP) is 2.89. The molecular formula is C15H21N5. The van der Waals surface area contributed by atoms with Gasteiger partial charge in [-0.2, -0.15) is 0 Å². The van der Waals surface area contributed by atoms with Gasteiger partial charge in [-0.1, -0.05) is 12.1 Å². The molecule has 0 aliphatic rings. The Hall–Kier alpha value is -2.14. The lowest BCUT2D eigenvalue weighted by Crippen LogP contribution is -2.26. The quantitative estimate of drug-likeness (QED) is 0.797. The van der Waals surface area contributed by atoms with Crippen molar-refractivity contribution in [3.63, 3.8) is 0 Å². The Labute approximate surface area is 119 Å². The summed E-state index contributed by atoms with van der Waals surface area (Å²) in [4.78, 5) is 8.44. The molecule has 1 aromatic carbocycles. The van der Waals surface area contributed by atoms with Gasteiger partial charge in [0.2, 0.25) is 0 Å². The Morgan fingerprint density at radius 1 is 1.10 bits per heavy atom. The van der Waals surface area contributed by atoms with E-state index < -0.39 is 0 Å². The second-order valence-corrected chi connectivity index (χ2v) is 5.69. The van der Waals surface area contributed by atoms with Crippen LogP contribution in [0.15, 0.2) is 36.7 Å². The molecule has 0 fully saturated rings. The molecule has 0 aliphatic carbocycles. The lowest BCUT2D eigenvalue weighted by Gasteiger charge is -2.21. The van der Waals surface area contributed by atoms with E-state index in [1.807, 2.05) is 30.3 Å². The van der Waals surface area contributed by atoms with Crippen molar-refractivity contribution < 1.29 is 0 Å². The minimum atomic E-state index is -0.0366. The van der Waals surface area contributed by atoms with Crippen molar-refractivity contribution >= 4 is 17.3 Å². The minimum absolute atomic E-state index is 0.0366. The molecule has 4 N–H and O–H groups in total. The van der Waals surface area contributed by atoms with Gasteiger partial charge in [0.15, 0.2) is 0 Å². The van der Waals surface area contributed by atoms with Crippen molar-refractivity contribution in [3.8, 4) is 0 Å². The van der Waals surface area contributed by atoms with E-state index in [0.29, 0.717) is 6.54 Å². The second kappa shape index (κ2) is 5.88. The number of nitrogens with two attached hydrogens (primary N) is 1. The number of hydrogen-bond donors (Lipinski definition) is 3. The van der Waals surface area contributed by atoms with Crippen LogP contribution in [-0.4, -0.2) is 15.5 Å². The van der Waals surface area contributed by atoms with E-state index in [1.165, 1.54) is 0 Å². The molecule has 0 unspecified atom stereocenters. The predicted molar refractivity (Wildman–Crippen MR) is 83.0 cm³/mol. The fourth-order valence-corrected chi connectivity index (χ4v) is 1.80. The average molecular weight is 271 g/mol. The van der Waals surface area contributed by atoms with Crippen LogP contribution in [0.1, 0.15) is 26.3 Å². The number of anilines is 3. The summed E-state index contributed by atoms with van der Waals surface area (Å²) < 4.78 is 0. The molecule has 0 saturated heterocycles. The molecule has 0 amide bonds. The lowest BCUT2D eigenvalue weighted by molar-refractivity contribution is 0.630. The summed E-state index contributed by atoms with van der Waals surface area (Å²) in [7, 11) is 0.